The minimum absolute atomic E-state index is 0.300. The van der Waals surface area contributed by atoms with Gasteiger partial charge in [0.25, 0.3) is 0 Å². The molecule has 1 heterocycles. The van der Waals surface area contributed by atoms with Crippen LogP contribution in [0.2, 0.25) is 0 Å². The van der Waals surface area contributed by atoms with Gasteiger partial charge in [0.1, 0.15) is 5.82 Å². The molecule has 18 heavy (non-hydrogen) atoms. The van der Waals surface area contributed by atoms with Crippen LogP contribution in [0.15, 0.2) is 12.2 Å². The Morgan fingerprint density at radius 3 is 2.39 bits per heavy atom. The van der Waals surface area contributed by atoms with Crippen molar-refractivity contribution in [2.24, 2.45) is 0 Å². The monoisotopic (exact) mass is 247 g/mol. The third-order valence-corrected chi connectivity index (χ3v) is 2.90. The largest absolute Gasteiger partial charge is 0.351 e. The molecule has 1 N–H and O–H groups in total. The van der Waals surface area contributed by atoms with E-state index in [0.717, 1.165) is 18.7 Å². The van der Waals surface area contributed by atoms with E-state index in [1.807, 2.05) is 19.0 Å². The number of nitrogens with zero attached hydrogens (tertiary/aromatic N) is 4. The van der Waals surface area contributed by atoms with Gasteiger partial charge in [0.05, 0.1) is 0 Å². The van der Waals surface area contributed by atoms with E-state index in [2.05, 4.69) is 46.3 Å². The summed E-state index contributed by atoms with van der Waals surface area (Å²) >= 11 is 0. The zero-order chi connectivity index (χ0) is 13.1. The molecule has 0 aliphatic heterocycles. The number of anilines is 2. The van der Waals surface area contributed by atoms with Crippen LogP contribution in [0.5, 0.6) is 0 Å². The van der Waals surface area contributed by atoms with Gasteiger partial charge < -0.3 is 10.2 Å². The van der Waals surface area contributed by atoms with Gasteiger partial charge in [-0.05, 0) is 12.8 Å². The molecule has 0 atom stereocenters. The Kier molecular flexibility index (Phi) is 3.79. The molecule has 0 bridgehead atoms. The lowest BCUT2D eigenvalue weighted by atomic mass is 10.2. The molecule has 0 amide bonds. The molecule has 1 aromatic rings. The predicted molar refractivity (Wildman–Crippen MR) is 74.0 cm³/mol. The summed E-state index contributed by atoms with van der Waals surface area (Å²) in [5.41, 5.74) is 0. The van der Waals surface area contributed by atoms with Crippen LogP contribution in [-0.2, 0) is 0 Å². The van der Waals surface area contributed by atoms with E-state index in [1.54, 1.807) is 0 Å². The number of nitrogens with one attached hydrogen (secondary N) is 1. The lowest BCUT2D eigenvalue weighted by molar-refractivity contribution is 0.731. The molecule has 0 spiro atoms. The van der Waals surface area contributed by atoms with Crippen molar-refractivity contribution in [2.75, 3.05) is 24.3 Å². The quantitative estimate of drug-likeness (QED) is 0.827. The second-order valence-electron chi connectivity index (χ2n) is 5.15. The maximum atomic E-state index is 4.49. The van der Waals surface area contributed by atoms with Crippen molar-refractivity contribution in [3.8, 4) is 0 Å². The molecule has 1 aliphatic rings. The maximum absolute atomic E-state index is 4.49. The van der Waals surface area contributed by atoms with Crippen molar-refractivity contribution in [3.05, 3.63) is 18.0 Å². The van der Waals surface area contributed by atoms with Crippen molar-refractivity contribution in [2.45, 2.75) is 38.6 Å². The van der Waals surface area contributed by atoms with Gasteiger partial charge in [0, 0.05) is 26.1 Å². The Labute approximate surface area is 108 Å². The summed E-state index contributed by atoms with van der Waals surface area (Å²) in [4.78, 5) is 15.3. The molecular weight excluding hydrogens is 226 g/mol. The van der Waals surface area contributed by atoms with Crippen LogP contribution in [0.25, 0.3) is 0 Å². The first kappa shape index (κ1) is 12.8. The Hall–Kier alpha value is -1.65. The van der Waals surface area contributed by atoms with Crippen LogP contribution >= 0.6 is 0 Å². The number of hydrogen-bond acceptors (Lipinski definition) is 5. The normalized spacial score (nSPS) is 15.4. The van der Waals surface area contributed by atoms with Gasteiger partial charge in [-0.15, -0.1) is 0 Å². The molecule has 0 radical (unpaired) electrons. The average Bonchev–Trinajstić information content (AvgIpc) is 2.81. The second-order valence-corrected chi connectivity index (χ2v) is 5.15. The van der Waals surface area contributed by atoms with Gasteiger partial charge in [0.2, 0.25) is 11.9 Å². The highest BCUT2D eigenvalue weighted by atomic mass is 15.3. The zero-order valence-corrected chi connectivity index (χ0v) is 11.5. The van der Waals surface area contributed by atoms with E-state index >= 15 is 0 Å². The van der Waals surface area contributed by atoms with Crippen molar-refractivity contribution in [1.82, 2.24) is 15.0 Å². The summed E-state index contributed by atoms with van der Waals surface area (Å²) in [5.74, 6) is 2.53. The standard InChI is InChI=1S/C13H21N5/c1-9(2)11-15-12(14-10-7-5-6-8-10)17-13(16-11)18(3)4/h5-6,9-10H,7-8H2,1-4H3,(H,14,15,16,17). The van der Waals surface area contributed by atoms with Gasteiger partial charge in [-0.3, -0.25) is 0 Å². The van der Waals surface area contributed by atoms with Crippen LogP contribution in [-0.4, -0.2) is 35.1 Å². The third-order valence-electron chi connectivity index (χ3n) is 2.90. The molecule has 0 saturated carbocycles. The topological polar surface area (TPSA) is 53.9 Å². The van der Waals surface area contributed by atoms with E-state index in [9.17, 15) is 0 Å². The molecule has 0 saturated heterocycles. The summed E-state index contributed by atoms with van der Waals surface area (Å²) < 4.78 is 0. The van der Waals surface area contributed by atoms with Crippen LogP contribution in [0.1, 0.15) is 38.4 Å². The van der Waals surface area contributed by atoms with Crippen LogP contribution in [0.4, 0.5) is 11.9 Å². The third kappa shape index (κ3) is 2.97. The Morgan fingerprint density at radius 1 is 1.17 bits per heavy atom. The van der Waals surface area contributed by atoms with Gasteiger partial charge in [-0.1, -0.05) is 26.0 Å². The molecule has 0 unspecified atom stereocenters. The lowest BCUT2D eigenvalue weighted by Crippen LogP contribution is -2.21. The Balaban J connectivity index is 2.22. The predicted octanol–water partition coefficient (Wildman–Crippen LogP) is 2.19. The summed E-state index contributed by atoms with van der Waals surface area (Å²) in [6.07, 6.45) is 6.46. The van der Waals surface area contributed by atoms with Crippen molar-refractivity contribution < 1.29 is 0 Å². The molecule has 1 aromatic heterocycles. The van der Waals surface area contributed by atoms with Crippen molar-refractivity contribution in [1.29, 1.82) is 0 Å². The number of rotatable bonds is 4. The SMILES string of the molecule is CC(C)c1nc(NC2CC=CC2)nc(N(C)C)n1. The van der Waals surface area contributed by atoms with Crippen LogP contribution < -0.4 is 10.2 Å². The molecule has 5 heteroatoms. The average molecular weight is 247 g/mol. The highest BCUT2D eigenvalue weighted by Gasteiger charge is 2.15. The molecule has 98 valence electrons. The van der Waals surface area contributed by atoms with E-state index in [4.69, 9.17) is 0 Å². The molecular formula is C13H21N5. The van der Waals surface area contributed by atoms with E-state index in [0.29, 0.717) is 23.9 Å². The van der Waals surface area contributed by atoms with E-state index in [1.165, 1.54) is 0 Å². The fourth-order valence-electron chi connectivity index (χ4n) is 1.82. The first-order valence-electron chi connectivity index (χ1n) is 6.41. The molecule has 2 rings (SSSR count). The Bertz CT molecular complexity index is 405. The minimum atomic E-state index is 0.300. The zero-order valence-electron chi connectivity index (χ0n) is 11.5. The highest BCUT2D eigenvalue weighted by Crippen LogP contribution is 2.18. The summed E-state index contributed by atoms with van der Waals surface area (Å²) in [5, 5.41) is 3.38. The summed E-state index contributed by atoms with van der Waals surface area (Å²) in [6.45, 7) is 4.19. The smallest absolute Gasteiger partial charge is 0.229 e. The summed E-state index contributed by atoms with van der Waals surface area (Å²) in [6, 6.07) is 0.419. The van der Waals surface area contributed by atoms with Crippen LogP contribution in [0.3, 0.4) is 0 Å². The van der Waals surface area contributed by atoms with Gasteiger partial charge >= 0.3 is 0 Å². The number of hydrogen-bond donors (Lipinski definition) is 1. The first-order chi connectivity index (χ1) is 8.56. The van der Waals surface area contributed by atoms with Crippen molar-refractivity contribution >= 4 is 11.9 Å². The van der Waals surface area contributed by atoms with Gasteiger partial charge in [-0.25, -0.2) is 0 Å². The fraction of sp³-hybridized carbons (Fsp3) is 0.615. The van der Waals surface area contributed by atoms with Gasteiger partial charge in [0.15, 0.2) is 0 Å². The lowest BCUT2D eigenvalue weighted by Gasteiger charge is -2.17. The van der Waals surface area contributed by atoms with Gasteiger partial charge in [-0.2, -0.15) is 15.0 Å². The minimum Gasteiger partial charge on any atom is -0.351 e. The van der Waals surface area contributed by atoms with E-state index in [-0.39, 0.29) is 0 Å². The Morgan fingerprint density at radius 2 is 1.83 bits per heavy atom. The molecule has 5 nitrogen and oxygen atoms in total. The second kappa shape index (κ2) is 5.33. The van der Waals surface area contributed by atoms with Crippen LogP contribution in [0, 0.1) is 0 Å². The molecule has 0 fully saturated rings. The fourth-order valence-corrected chi connectivity index (χ4v) is 1.82. The number of aromatic nitrogens is 3. The van der Waals surface area contributed by atoms with E-state index < -0.39 is 0 Å². The highest BCUT2D eigenvalue weighted by molar-refractivity contribution is 5.37. The summed E-state index contributed by atoms with van der Waals surface area (Å²) in [7, 11) is 3.89. The molecule has 1 aliphatic carbocycles. The first-order valence-corrected chi connectivity index (χ1v) is 6.41. The van der Waals surface area contributed by atoms with Crippen molar-refractivity contribution in [3.63, 3.8) is 0 Å². The maximum Gasteiger partial charge on any atom is 0.229 e. The molecule has 0 aromatic carbocycles.